The lowest BCUT2D eigenvalue weighted by atomic mass is 10.2. The molecule has 0 aliphatic rings. The number of nitrogens with zero attached hydrogens (tertiary/aromatic N) is 4. The van der Waals surface area contributed by atoms with Crippen molar-refractivity contribution in [3.05, 3.63) is 64.8 Å². The van der Waals surface area contributed by atoms with Gasteiger partial charge in [0.05, 0.1) is 17.8 Å². The van der Waals surface area contributed by atoms with Crippen LogP contribution in [0.4, 0.5) is 23.1 Å². The zero-order chi connectivity index (χ0) is 16.9. The monoisotopic (exact) mass is 336 g/mol. The highest BCUT2D eigenvalue weighted by molar-refractivity contribution is 6.30. The van der Waals surface area contributed by atoms with E-state index in [0.717, 1.165) is 16.9 Å². The van der Waals surface area contributed by atoms with E-state index in [1.165, 1.54) is 6.20 Å². The summed E-state index contributed by atoms with van der Waals surface area (Å²) in [6.07, 6.45) is 1.53. The first-order valence-electron chi connectivity index (χ1n) is 7.14. The molecule has 0 aliphatic carbocycles. The Morgan fingerprint density at radius 3 is 2.58 bits per heavy atom. The highest BCUT2D eigenvalue weighted by Crippen LogP contribution is 2.22. The van der Waals surface area contributed by atoms with Crippen molar-refractivity contribution in [2.75, 3.05) is 10.6 Å². The molecule has 24 heavy (non-hydrogen) atoms. The lowest BCUT2D eigenvalue weighted by Gasteiger charge is -2.09. The van der Waals surface area contributed by atoms with Crippen molar-refractivity contribution in [3.8, 4) is 6.07 Å². The van der Waals surface area contributed by atoms with Gasteiger partial charge in [-0.1, -0.05) is 11.6 Å². The van der Waals surface area contributed by atoms with E-state index >= 15 is 0 Å². The van der Waals surface area contributed by atoms with Gasteiger partial charge < -0.3 is 10.6 Å². The SMILES string of the molecule is Cc1cc(Cl)ccc1Nc1nncc(Nc2ccc(C#N)cc2)n1. The van der Waals surface area contributed by atoms with E-state index in [1.54, 1.807) is 30.3 Å². The van der Waals surface area contributed by atoms with Gasteiger partial charge in [-0.3, -0.25) is 0 Å². The molecule has 0 saturated carbocycles. The number of rotatable bonds is 4. The van der Waals surface area contributed by atoms with E-state index in [1.807, 2.05) is 19.1 Å². The first kappa shape index (κ1) is 15.7. The van der Waals surface area contributed by atoms with Crippen LogP contribution < -0.4 is 10.6 Å². The largest absolute Gasteiger partial charge is 0.339 e. The first-order chi connectivity index (χ1) is 11.6. The molecule has 1 heterocycles. The van der Waals surface area contributed by atoms with Crippen LogP contribution in [0.3, 0.4) is 0 Å². The molecule has 118 valence electrons. The second kappa shape index (κ2) is 6.94. The summed E-state index contributed by atoms with van der Waals surface area (Å²) in [4.78, 5) is 4.38. The number of nitriles is 1. The fraction of sp³-hybridized carbons (Fsp3) is 0.0588. The van der Waals surface area contributed by atoms with Crippen LogP contribution in [0.1, 0.15) is 11.1 Å². The first-order valence-corrected chi connectivity index (χ1v) is 7.52. The fourth-order valence-corrected chi connectivity index (χ4v) is 2.31. The molecule has 7 heteroatoms. The van der Waals surface area contributed by atoms with Crippen LogP contribution in [-0.4, -0.2) is 15.2 Å². The van der Waals surface area contributed by atoms with Crippen molar-refractivity contribution in [2.24, 2.45) is 0 Å². The number of benzene rings is 2. The summed E-state index contributed by atoms with van der Waals surface area (Å²) in [5.41, 5.74) is 3.25. The van der Waals surface area contributed by atoms with E-state index in [9.17, 15) is 0 Å². The Morgan fingerprint density at radius 2 is 1.88 bits per heavy atom. The zero-order valence-electron chi connectivity index (χ0n) is 12.8. The van der Waals surface area contributed by atoms with Crippen molar-refractivity contribution in [1.29, 1.82) is 5.26 Å². The smallest absolute Gasteiger partial charge is 0.249 e. The topological polar surface area (TPSA) is 86.5 Å². The van der Waals surface area contributed by atoms with Crippen LogP contribution in [-0.2, 0) is 0 Å². The number of aryl methyl sites for hydroxylation is 1. The van der Waals surface area contributed by atoms with Crippen LogP contribution in [0.2, 0.25) is 5.02 Å². The fourth-order valence-electron chi connectivity index (χ4n) is 2.08. The molecule has 0 fully saturated rings. The summed E-state index contributed by atoms with van der Waals surface area (Å²) >= 11 is 5.96. The predicted octanol–water partition coefficient (Wildman–Crippen LogP) is 4.19. The van der Waals surface area contributed by atoms with E-state index in [0.29, 0.717) is 22.4 Å². The van der Waals surface area contributed by atoms with Crippen molar-refractivity contribution in [2.45, 2.75) is 6.92 Å². The molecule has 3 aromatic rings. The van der Waals surface area contributed by atoms with Gasteiger partial charge in [0, 0.05) is 16.4 Å². The quantitative estimate of drug-likeness (QED) is 0.742. The summed E-state index contributed by atoms with van der Waals surface area (Å²) in [7, 11) is 0. The molecule has 1 aromatic heterocycles. The second-order valence-corrected chi connectivity index (χ2v) is 5.50. The maximum atomic E-state index is 8.82. The van der Waals surface area contributed by atoms with Crippen LogP contribution in [0, 0.1) is 18.3 Å². The third kappa shape index (κ3) is 3.77. The summed E-state index contributed by atoms with van der Waals surface area (Å²) in [5, 5.41) is 23.7. The second-order valence-electron chi connectivity index (χ2n) is 5.06. The molecule has 0 spiro atoms. The molecular weight excluding hydrogens is 324 g/mol. The molecule has 0 unspecified atom stereocenters. The molecule has 0 saturated heterocycles. The van der Waals surface area contributed by atoms with Gasteiger partial charge in [-0.25, -0.2) is 0 Å². The van der Waals surface area contributed by atoms with Gasteiger partial charge in [0.1, 0.15) is 0 Å². The maximum Gasteiger partial charge on any atom is 0.249 e. The number of anilines is 4. The highest BCUT2D eigenvalue weighted by atomic mass is 35.5. The van der Waals surface area contributed by atoms with E-state index < -0.39 is 0 Å². The predicted molar refractivity (Wildman–Crippen MR) is 93.7 cm³/mol. The standard InChI is InChI=1S/C17H13ClN6/c1-11-8-13(18)4-7-15(11)22-17-23-16(10-20-24-17)21-14-5-2-12(9-19)3-6-14/h2-8,10H,1H3,(H2,21,22,23,24). The van der Waals surface area contributed by atoms with Gasteiger partial charge in [-0.15, -0.1) is 5.10 Å². The number of halogens is 1. The molecule has 0 amide bonds. The minimum atomic E-state index is 0.374. The Morgan fingerprint density at radius 1 is 1.08 bits per heavy atom. The lowest BCUT2D eigenvalue weighted by molar-refractivity contribution is 0.982. The van der Waals surface area contributed by atoms with Crippen LogP contribution in [0.15, 0.2) is 48.7 Å². The summed E-state index contributed by atoms with van der Waals surface area (Å²) in [6.45, 7) is 1.94. The number of aromatic nitrogens is 3. The summed E-state index contributed by atoms with van der Waals surface area (Å²) in [6, 6.07) is 14.7. The normalized spacial score (nSPS) is 10.0. The number of hydrogen-bond donors (Lipinski definition) is 2. The molecule has 0 radical (unpaired) electrons. The van der Waals surface area contributed by atoms with Gasteiger partial charge in [0.15, 0.2) is 5.82 Å². The Hall–Kier alpha value is -3.17. The molecular formula is C17H13ClN6. The number of hydrogen-bond acceptors (Lipinski definition) is 6. The summed E-state index contributed by atoms with van der Waals surface area (Å²) < 4.78 is 0. The van der Waals surface area contributed by atoms with Crippen molar-refractivity contribution in [1.82, 2.24) is 15.2 Å². The summed E-state index contributed by atoms with van der Waals surface area (Å²) in [5.74, 6) is 0.919. The Balaban J connectivity index is 1.77. The van der Waals surface area contributed by atoms with Crippen molar-refractivity contribution < 1.29 is 0 Å². The third-order valence-electron chi connectivity index (χ3n) is 3.28. The van der Waals surface area contributed by atoms with Gasteiger partial charge >= 0.3 is 0 Å². The van der Waals surface area contributed by atoms with Crippen LogP contribution in [0.25, 0.3) is 0 Å². The highest BCUT2D eigenvalue weighted by Gasteiger charge is 2.05. The number of nitrogens with one attached hydrogen (secondary N) is 2. The molecule has 0 atom stereocenters. The minimum absolute atomic E-state index is 0.374. The van der Waals surface area contributed by atoms with Gasteiger partial charge in [0.25, 0.3) is 0 Å². The molecule has 3 rings (SSSR count). The third-order valence-corrected chi connectivity index (χ3v) is 3.52. The average Bonchev–Trinajstić information content (AvgIpc) is 2.58. The Bertz CT molecular complexity index is 902. The molecule has 6 nitrogen and oxygen atoms in total. The Kier molecular flexibility index (Phi) is 4.54. The van der Waals surface area contributed by atoms with Crippen LogP contribution >= 0.6 is 11.6 Å². The average molecular weight is 337 g/mol. The van der Waals surface area contributed by atoms with Gasteiger partial charge in [0.2, 0.25) is 5.95 Å². The zero-order valence-corrected chi connectivity index (χ0v) is 13.5. The maximum absolute atomic E-state index is 8.82. The molecule has 0 aliphatic heterocycles. The molecule has 2 aromatic carbocycles. The van der Waals surface area contributed by atoms with Gasteiger partial charge in [-0.2, -0.15) is 15.3 Å². The van der Waals surface area contributed by atoms with Crippen molar-refractivity contribution >= 4 is 34.7 Å². The van der Waals surface area contributed by atoms with Gasteiger partial charge in [-0.05, 0) is 55.0 Å². The van der Waals surface area contributed by atoms with Crippen molar-refractivity contribution in [3.63, 3.8) is 0 Å². The van der Waals surface area contributed by atoms with E-state index in [2.05, 4.69) is 31.9 Å². The lowest BCUT2D eigenvalue weighted by Crippen LogP contribution is -2.03. The molecule has 0 bridgehead atoms. The van der Waals surface area contributed by atoms with E-state index in [-0.39, 0.29) is 0 Å². The Labute approximate surface area is 144 Å². The van der Waals surface area contributed by atoms with Crippen LogP contribution in [0.5, 0.6) is 0 Å². The molecule has 2 N–H and O–H groups in total. The minimum Gasteiger partial charge on any atom is -0.339 e. The van der Waals surface area contributed by atoms with E-state index in [4.69, 9.17) is 16.9 Å².